The smallest absolute Gasteiger partial charge is 0.286 e. The normalized spacial score (nSPS) is 10.1. The minimum absolute atomic E-state index is 0.204. The van der Waals surface area contributed by atoms with Crippen LogP contribution in [0.25, 0.3) is 0 Å². The third kappa shape index (κ3) is 3.50. The molecule has 1 amide bonds. The average Bonchev–Trinajstić information content (AvgIpc) is 2.44. The predicted octanol–water partition coefficient (Wildman–Crippen LogP) is 1.10. The molecule has 2 heterocycles. The van der Waals surface area contributed by atoms with Crippen LogP contribution in [0.5, 0.6) is 0 Å². The summed E-state index contributed by atoms with van der Waals surface area (Å²) in [5, 5.41) is 13.3. The molecule has 8 nitrogen and oxygen atoms in total. The van der Waals surface area contributed by atoms with Gasteiger partial charge in [-0.05, 0) is 19.1 Å². The molecule has 0 spiro atoms. The number of rotatable bonds is 4. The van der Waals surface area contributed by atoms with Crippen molar-refractivity contribution in [2.24, 2.45) is 0 Å². The number of anilines is 1. The second-order valence-electron chi connectivity index (χ2n) is 4.33. The van der Waals surface area contributed by atoms with Crippen LogP contribution in [-0.2, 0) is 11.3 Å². The van der Waals surface area contributed by atoms with Gasteiger partial charge in [-0.15, -0.1) is 0 Å². The van der Waals surface area contributed by atoms with Gasteiger partial charge in [-0.3, -0.25) is 24.3 Å². The van der Waals surface area contributed by atoms with Crippen LogP contribution in [0.15, 0.2) is 41.5 Å². The molecule has 0 aromatic carbocycles. The van der Waals surface area contributed by atoms with Crippen molar-refractivity contribution in [1.29, 1.82) is 0 Å². The fraction of sp³-hybridized carbons (Fsp3) is 0.154. The van der Waals surface area contributed by atoms with Crippen molar-refractivity contribution >= 4 is 17.4 Å². The molecule has 2 aromatic rings. The second-order valence-corrected chi connectivity index (χ2v) is 4.33. The summed E-state index contributed by atoms with van der Waals surface area (Å²) in [6.45, 7) is 1.14. The number of nitrogens with one attached hydrogen (secondary N) is 1. The zero-order valence-corrected chi connectivity index (χ0v) is 11.1. The Bertz CT molecular complexity index is 740. The maximum Gasteiger partial charge on any atom is 0.286 e. The van der Waals surface area contributed by atoms with Gasteiger partial charge in [0.2, 0.25) is 5.91 Å². The molecule has 108 valence electrons. The molecule has 21 heavy (non-hydrogen) atoms. The summed E-state index contributed by atoms with van der Waals surface area (Å²) >= 11 is 0. The Kier molecular flexibility index (Phi) is 4.07. The van der Waals surface area contributed by atoms with Gasteiger partial charge in [0.25, 0.3) is 11.2 Å². The molecular weight excluding hydrogens is 276 g/mol. The second kappa shape index (κ2) is 5.95. The summed E-state index contributed by atoms with van der Waals surface area (Å²) in [4.78, 5) is 37.8. The number of pyridine rings is 2. The Morgan fingerprint density at radius 2 is 2.24 bits per heavy atom. The zero-order valence-electron chi connectivity index (χ0n) is 11.1. The van der Waals surface area contributed by atoms with Crippen LogP contribution in [0.4, 0.5) is 11.5 Å². The summed E-state index contributed by atoms with van der Waals surface area (Å²) in [6, 6.07) is 6.17. The standard InChI is InChI=1S/C13H12N4O4/c1-9-6-10(17(20)21)7-16(13(9)19)8-12(18)15-11-4-2-3-5-14-11/h2-7H,8H2,1H3,(H,14,15,18). The molecule has 0 fully saturated rings. The Morgan fingerprint density at radius 1 is 1.48 bits per heavy atom. The van der Waals surface area contributed by atoms with Gasteiger partial charge in [0, 0.05) is 17.8 Å². The van der Waals surface area contributed by atoms with Crippen molar-refractivity contribution in [2.45, 2.75) is 13.5 Å². The number of hydrogen-bond donors (Lipinski definition) is 1. The predicted molar refractivity (Wildman–Crippen MR) is 75.0 cm³/mol. The van der Waals surface area contributed by atoms with Crippen LogP contribution in [0.1, 0.15) is 5.56 Å². The largest absolute Gasteiger partial charge is 0.309 e. The molecule has 8 heteroatoms. The van der Waals surface area contributed by atoms with Gasteiger partial charge in [0.15, 0.2) is 0 Å². The lowest BCUT2D eigenvalue weighted by atomic mass is 10.3. The van der Waals surface area contributed by atoms with Crippen molar-refractivity contribution in [1.82, 2.24) is 9.55 Å². The molecule has 0 aliphatic carbocycles. The van der Waals surface area contributed by atoms with Gasteiger partial charge < -0.3 is 5.32 Å². The highest BCUT2D eigenvalue weighted by Gasteiger charge is 2.13. The maximum atomic E-state index is 11.9. The Labute approximate surface area is 119 Å². The average molecular weight is 288 g/mol. The SMILES string of the molecule is Cc1cc([N+](=O)[O-])cn(CC(=O)Nc2ccccn2)c1=O. The van der Waals surface area contributed by atoms with Crippen LogP contribution in [-0.4, -0.2) is 20.4 Å². The monoisotopic (exact) mass is 288 g/mol. The Hall–Kier alpha value is -3.03. The molecule has 0 saturated heterocycles. The van der Waals surface area contributed by atoms with E-state index in [9.17, 15) is 19.7 Å². The summed E-state index contributed by atoms with van der Waals surface area (Å²) < 4.78 is 1.01. The molecule has 1 N–H and O–H groups in total. The van der Waals surface area contributed by atoms with Crippen molar-refractivity contribution in [2.75, 3.05) is 5.32 Å². The van der Waals surface area contributed by atoms with Gasteiger partial charge >= 0.3 is 0 Å². The number of amides is 1. The number of aryl methyl sites for hydroxylation is 1. The number of hydrogen-bond acceptors (Lipinski definition) is 5. The molecule has 0 atom stereocenters. The molecule has 0 bridgehead atoms. The highest BCUT2D eigenvalue weighted by Crippen LogP contribution is 2.09. The van der Waals surface area contributed by atoms with Crippen molar-refractivity contribution in [3.05, 3.63) is 62.7 Å². The highest BCUT2D eigenvalue weighted by atomic mass is 16.6. The van der Waals surface area contributed by atoms with E-state index in [1.165, 1.54) is 19.2 Å². The lowest BCUT2D eigenvalue weighted by Crippen LogP contribution is -2.28. The summed E-state index contributed by atoms with van der Waals surface area (Å²) in [5.74, 6) is -0.145. The quantitative estimate of drug-likeness (QED) is 0.669. The van der Waals surface area contributed by atoms with Crippen LogP contribution >= 0.6 is 0 Å². The number of carbonyl (C=O) groups is 1. The minimum Gasteiger partial charge on any atom is -0.309 e. The fourth-order valence-corrected chi connectivity index (χ4v) is 1.76. The van der Waals surface area contributed by atoms with E-state index < -0.39 is 16.4 Å². The van der Waals surface area contributed by atoms with E-state index in [-0.39, 0.29) is 17.8 Å². The molecule has 2 aromatic heterocycles. The third-order valence-electron chi connectivity index (χ3n) is 2.71. The maximum absolute atomic E-state index is 11.9. The first kappa shape index (κ1) is 14.4. The van der Waals surface area contributed by atoms with Crippen LogP contribution in [0.2, 0.25) is 0 Å². The molecule has 0 aliphatic rings. The third-order valence-corrected chi connectivity index (χ3v) is 2.71. The lowest BCUT2D eigenvalue weighted by molar-refractivity contribution is -0.385. The first-order valence-corrected chi connectivity index (χ1v) is 6.04. The van der Waals surface area contributed by atoms with Gasteiger partial charge in [0.1, 0.15) is 12.4 Å². The van der Waals surface area contributed by atoms with Crippen LogP contribution in [0, 0.1) is 17.0 Å². The summed E-state index contributed by atoms with van der Waals surface area (Å²) in [6.07, 6.45) is 2.56. The van der Waals surface area contributed by atoms with E-state index in [0.29, 0.717) is 5.82 Å². The zero-order chi connectivity index (χ0) is 15.4. The lowest BCUT2D eigenvalue weighted by Gasteiger charge is -2.07. The Balaban J connectivity index is 2.21. The van der Waals surface area contributed by atoms with Gasteiger partial charge in [-0.1, -0.05) is 6.07 Å². The molecule has 0 saturated carbocycles. The van der Waals surface area contributed by atoms with Crippen LogP contribution in [0.3, 0.4) is 0 Å². The molecular formula is C13H12N4O4. The molecule has 0 aliphatic heterocycles. The Morgan fingerprint density at radius 3 is 2.86 bits per heavy atom. The summed E-state index contributed by atoms with van der Waals surface area (Å²) in [7, 11) is 0. The van der Waals surface area contributed by atoms with Crippen molar-refractivity contribution in [3.63, 3.8) is 0 Å². The molecule has 0 radical (unpaired) electrons. The van der Waals surface area contributed by atoms with E-state index in [1.54, 1.807) is 18.2 Å². The first-order valence-electron chi connectivity index (χ1n) is 6.04. The number of carbonyl (C=O) groups excluding carboxylic acids is 1. The number of aromatic nitrogens is 2. The van der Waals surface area contributed by atoms with E-state index in [0.717, 1.165) is 10.8 Å². The van der Waals surface area contributed by atoms with Gasteiger partial charge in [0.05, 0.1) is 11.1 Å². The van der Waals surface area contributed by atoms with Crippen molar-refractivity contribution in [3.8, 4) is 0 Å². The number of nitrogens with zero attached hydrogens (tertiary/aromatic N) is 3. The first-order chi connectivity index (χ1) is 9.97. The van der Waals surface area contributed by atoms with E-state index in [2.05, 4.69) is 10.3 Å². The van der Waals surface area contributed by atoms with Crippen molar-refractivity contribution < 1.29 is 9.72 Å². The van der Waals surface area contributed by atoms with Gasteiger partial charge in [-0.25, -0.2) is 4.98 Å². The van der Waals surface area contributed by atoms with Crippen LogP contribution < -0.4 is 10.9 Å². The summed E-state index contributed by atoms with van der Waals surface area (Å²) in [5.41, 5.74) is -0.482. The minimum atomic E-state index is -0.612. The van der Waals surface area contributed by atoms with E-state index in [1.807, 2.05) is 0 Å². The molecule has 2 rings (SSSR count). The van der Waals surface area contributed by atoms with E-state index >= 15 is 0 Å². The molecule has 0 unspecified atom stereocenters. The van der Waals surface area contributed by atoms with E-state index in [4.69, 9.17) is 0 Å². The fourth-order valence-electron chi connectivity index (χ4n) is 1.76. The highest BCUT2D eigenvalue weighted by molar-refractivity contribution is 5.89. The van der Waals surface area contributed by atoms with Gasteiger partial charge in [-0.2, -0.15) is 0 Å². The number of nitro groups is 1. The topological polar surface area (TPSA) is 107 Å².